The molecule has 1 atom stereocenters. The second kappa shape index (κ2) is 15.2. The molecule has 0 heterocycles. The molecule has 0 fully saturated rings. The normalized spacial score (nSPS) is 12.1. The Morgan fingerprint density at radius 3 is 1.93 bits per heavy atom. The molecule has 4 rings (SSSR count). The van der Waals surface area contributed by atoms with Crippen LogP contribution in [0.3, 0.4) is 0 Å². The molecule has 0 saturated carbocycles. The molecule has 7 nitrogen and oxygen atoms in total. The summed E-state index contributed by atoms with van der Waals surface area (Å²) in [7, 11) is -4.15. The van der Waals surface area contributed by atoms with E-state index in [1.807, 2.05) is 102 Å². The van der Waals surface area contributed by atoms with E-state index in [1.54, 1.807) is 36.4 Å². The van der Waals surface area contributed by atoms with Crippen molar-refractivity contribution in [3.05, 3.63) is 130 Å². The van der Waals surface area contributed by atoms with Gasteiger partial charge < -0.3 is 10.2 Å². The molecule has 0 spiro atoms. The van der Waals surface area contributed by atoms with Crippen LogP contribution >= 0.6 is 0 Å². The Labute approximate surface area is 274 Å². The van der Waals surface area contributed by atoms with Crippen molar-refractivity contribution in [2.24, 2.45) is 5.92 Å². The fourth-order valence-electron chi connectivity index (χ4n) is 5.11. The number of amides is 2. The Morgan fingerprint density at radius 2 is 1.35 bits per heavy atom. The van der Waals surface area contributed by atoms with Crippen LogP contribution in [0.5, 0.6) is 0 Å². The maximum atomic E-state index is 14.6. The number of nitrogens with zero attached hydrogens (tertiary/aromatic N) is 2. The summed E-state index contributed by atoms with van der Waals surface area (Å²) in [6.45, 7) is 11.9. The lowest BCUT2D eigenvalue weighted by Gasteiger charge is -2.34. The first-order chi connectivity index (χ1) is 21.8. The third kappa shape index (κ3) is 8.85. The van der Waals surface area contributed by atoms with Crippen molar-refractivity contribution in [1.82, 2.24) is 10.2 Å². The summed E-state index contributed by atoms with van der Waals surface area (Å²) in [4.78, 5) is 30.1. The van der Waals surface area contributed by atoms with E-state index in [-0.39, 0.29) is 29.7 Å². The van der Waals surface area contributed by atoms with Gasteiger partial charge >= 0.3 is 0 Å². The predicted octanol–water partition coefficient (Wildman–Crippen LogP) is 6.53. The highest BCUT2D eigenvalue weighted by Crippen LogP contribution is 2.27. The highest BCUT2D eigenvalue weighted by atomic mass is 32.2. The quantitative estimate of drug-likeness (QED) is 0.180. The van der Waals surface area contributed by atoms with E-state index in [0.29, 0.717) is 12.2 Å². The third-order valence-corrected chi connectivity index (χ3v) is 9.88. The standard InChI is InChI=1S/C38H45N3O4S/c1-27(2)24-39-38(43)36(23-32-10-8-7-9-11-32)40(25-33-17-12-28(3)13-18-33)37(42)26-41(34-19-16-30(5)31(6)22-34)46(44,45)35-20-14-29(4)15-21-35/h7-22,27,36H,23-26H2,1-6H3,(H,39,43)/t36-/m0/s1. The first-order valence-electron chi connectivity index (χ1n) is 15.7. The van der Waals surface area contributed by atoms with Gasteiger partial charge in [-0.25, -0.2) is 8.42 Å². The molecule has 4 aromatic carbocycles. The molecular formula is C38H45N3O4S. The summed E-state index contributed by atoms with van der Waals surface area (Å²) in [5.41, 5.74) is 6.03. The fourth-order valence-corrected chi connectivity index (χ4v) is 6.52. The van der Waals surface area contributed by atoms with Crippen molar-refractivity contribution in [1.29, 1.82) is 0 Å². The zero-order valence-electron chi connectivity index (χ0n) is 27.7. The SMILES string of the molecule is Cc1ccc(CN(C(=O)CN(c2ccc(C)c(C)c2)S(=O)(=O)c2ccc(C)cc2)[C@@H](Cc2ccccc2)C(=O)NCC(C)C)cc1. The first kappa shape index (κ1) is 34.4. The van der Waals surface area contributed by atoms with E-state index < -0.39 is 28.5 Å². The minimum Gasteiger partial charge on any atom is -0.354 e. The summed E-state index contributed by atoms with van der Waals surface area (Å²) >= 11 is 0. The van der Waals surface area contributed by atoms with Gasteiger partial charge in [0.2, 0.25) is 11.8 Å². The Bertz CT molecular complexity index is 1740. The van der Waals surface area contributed by atoms with E-state index in [1.165, 1.54) is 9.21 Å². The maximum absolute atomic E-state index is 14.6. The minimum atomic E-state index is -4.15. The van der Waals surface area contributed by atoms with E-state index >= 15 is 0 Å². The van der Waals surface area contributed by atoms with E-state index in [4.69, 9.17) is 0 Å². The molecule has 4 aromatic rings. The Morgan fingerprint density at radius 1 is 0.739 bits per heavy atom. The van der Waals surface area contributed by atoms with Crippen LogP contribution in [0.15, 0.2) is 102 Å². The molecular weight excluding hydrogens is 595 g/mol. The number of carbonyl (C=O) groups excluding carboxylic acids is 2. The molecule has 1 N–H and O–H groups in total. The average Bonchev–Trinajstić information content (AvgIpc) is 3.03. The molecule has 242 valence electrons. The molecule has 0 aliphatic rings. The second-order valence-corrected chi connectivity index (χ2v) is 14.3. The molecule has 8 heteroatoms. The van der Waals surface area contributed by atoms with Crippen LogP contribution in [0.4, 0.5) is 5.69 Å². The summed E-state index contributed by atoms with van der Waals surface area (Å²) in [6.07, 6.45) is 0.275. The number of aryl methyl sites for hydroxylation is 4. The number of anilines is 1. The molecule has 0 saturated heterocycles. The number of carbonyl (C=O) groups is 2. The number of sulfonamides is 1. The van der Waals surface area contributed by atoms with Gasteiger partial charge in [-0.1, -0.05) is 97.8 Å². The Hall–Kier alpha value is -4.43. The van der Waals surface area contributed by atoms with Gasteiger partial charge in [0.25, 0.3) is 10.0 Å². The molecule has 0 bridgehead atoms. The highest BCUT2D eigenvalue weighted by molar-refractivity contribution is 7.92. The van der Waals surface area contributed by atoms with Crippen molar-refractivity contribution in [3.63, 3.8) is 0 Å². The molecule has 2 amide bonds. The monoisotopic (exact) mass is 639 g/mol. The second-order valence-electron chi connectivity index (χ2n) is 12.4. The van der Waals surface area contributed by atoms with Gasteiger partial charge in [-0.3, -0.25) is 13.9 Å². The van der Waals surface area contributed by atoms with E-state index in [0.717, 1.165) is 33.4 Å². The van der Waals surface area contributed by atoms with E-state index in [2.05, 4.69) is 5.32 Å². The Kier molecular flexibility index (Phi) is 11.4. The fraction of sp³-hybridized carbons (Fsp3) is 0.316. The highest BCUT2D eigenvalue weighted by Gasteiger charge is 2.34. The summed E-state index contributed by atoms with van der Waals surface area (Å²) < 4.78 is 29.7. The Balaban J connectivity index is 1.81. The third-order valence-electron chi connectivity index (χ3n) is 8.10. The van der Waals surface area contributed by atoms with Gasteiger partial charge in [0, 0.05) is 19.5 Å². The van der Waals surface area contributed by atoms with Crippen LogP contribution in [-0.4, -0.2) is 44.3 Å². The molecule has 0 radical (unpaired) electrons. The number of hydrogen-bond acceptors (Lipinski definition) is 4. The zero-order chi connectivity index (χ0) is 33.4. The topological polar surface area (TPSA) is 86.8 Å². The van der Waals surface area contributed by atoms with Crippen molar-refractivity contribution in [2.45, 2.75) is 65.4 Å². The van der Waals surface area contributed by atoms with Crippen LogP contribution in [0, 0.1) is 33.6 Å². The molecule has 0 unspecified atom stereocenters. The van der Waals surface area contributed by atoms with Gasteiger partial charge in [-0.2, -0.15) is 0 Å². The molecule has 0 aromatic heterocycles. The largest absolute Gasteiger partial charge is 0.354 e. The van der Waals surface area contributed by atoms with Crippen molar-refractivity contribution in [2.75, 3.05) is 17.4 Å². The van der Waals surface area contributed by atoms with Crippen LogP contribution < -0.4 is 9.62 Å². The smallest absolute Gasteiger partial charge is 0.264 e. The molecule has 0 aliphatic heterocycles. The van der Waals surface area contributed by atoms with Crippen LogP contribution in [0.2, 0.25) is 0 Å². The predicted molar refractivity (Wildman–Crippen MR) is 185 cm³/mol. The minimum absolute atomic E-state index is 0.0877. The molecule has 46 heavy (non-hydrogen) atoms. The lowest BCUT2D eigenvalue weighted by atomic mass is 10.0. The summed E-state index contributed by atoms with van der Waals surface area (Å²) in [5, 5.41) is 3.03. The van der Waals surface area contributed by atoms with Gasteiger partial charge in [-0.05, 0) is 80.1 Å². The van der Waals surface area contributed by atoms with Crippen LogP contribution in [-0.2, 0) is 32.6 Å². The lowest BCUT2D eigenvalue weighted by molar-refractivity contribution is -0.140. The van der Waals surface area contributed by atoms with Gasteiger partial charge in [0.15, 0.2) is 0 Å². The average molecular weight is 640 g/mol. The number of benzene rings is 4. The number of hydrogen-bond donors (Lipinski definition) is 1. The summed E-state index contributed by atoms with van der Waals surface area (Å²) in [5.74, 6) is -0.547. The van der Waals surface area contributed by atoms with Crippen molar-refractivity contribution < 1.29 is 18.0 Å². The van der Waals surface area contributed by atoms with Gasteiger partial charge in [0.05, 0.1) is 10.6 Å². The van der Waals surface area contributed by atoms with Gasteiger partial charge in [0.1, 0.15) is 12.6 Å². The lowest BCUT2D eigenvalue weighted by Crippen LogP contribution is -2.53. The zero-order valence-corrected chi connectivity index (χ0v) is 28.5. The van der Waals surface area contributed by atoms with Crippen molar-refractivity contribution >= 4 is 27.5 Å². The summed E-state index contributed by atoms with van der Waals surface area (Å²) in [6, 6.07) is 28.5. The van der Waals surface area contributed by atoms with E-state index in [9.17, 15) is 18.0 Å². The molecule has 0 aliphatic carbocycles. The van der Waals surface area contributed by atoms with Crippen LogP contribution in [0.1, 0.15) is 47.2 Å². The first-order valence-corrected chi connectivity index (χ1v) is 17.1. The maximum Gasteiger partial charge on any atom is 0.264 e. The number of rotatable bonds is 13. The number of nitrogens with one attached hydrogen (secondary N) is 1. The van der Waals surface area contributed by atoms with Gasteiger partial charge in [-0.15, -0.1) is 0 Å². The van der Waals surface area contributed by atoms with Crippen LogP contribution in [0.25, 0.3) is 0 Å². The van der Waals surface area contributed by atoms with Crippen molar-refractivity contribution in [3.8, 4) is 0 Å².